The van der Waals surface area contributed by atoms with Crippen molar-refractivity contribution in [1.82, 2.24) is 10.2 Å². The van der Waals surface area contributed by atoms with Crippen LogP contribution >= 0.6 is 0 Å². The average molecular weight is 224 g/mol. The molecular weight excluding hydrogens is 200 g/mol. The lowest BCUT2D eigenvalue weighted by Gasteiger charge is -2.34. The Hall–Kier alpha value is -0.570. The molecule has 0 aromatic carbocycles. The predicted molar refractivity (Wildman–Crippen MR) is 65.1 cm³/mol. The maximum Gasteiger partial charge on any atom is 0.241 e. The highest BCUT2D eigenvalue weighted by molar-refractivity contribution is 5.85. The van der Waals surface area contributed by atoms with Gasteiger partial charge in [-0.05, 0) is 44.9 Å². The molecule has 3 unspecified atom stereocenters. The molecule has 0 saturated heterocycles. The van der Waals surface area contributed by atoms with Gasteiger partial charge in [0.05, 0.1) is 5.54 Å². The molecule has 2 aliphatic rings. The molecule has 1 amide bonds. The molecule has 16 heavy (non-hydrogen) atoms. The number of fused-ring (bicyclic) bond motifs is 2. The van der Waals surface area contributed by atoms with Gasteiger partial charge in [-0.15, -0.1) is 0 Å². The van der Waals surface area contributed by atoms with Gasteiger partial charge in [0.15, 0.2) is 0 Å². The van der Waals surface area contributed by atoms with Crippen LogP contribution in [-0.2, 0) is 4.79 Å². The van der Waals surface area contributed by atoms with Crippen LogP contribution in [0.3, 0.4) is 0 Å². The number of nitrogens with one attached hydrogen (secondary N) is 1. The van der Waals surface area contributed by atoms with Gasteiger partial charge in [0.25, 0.3) is 0 Å². The summed E-state index contributed by atoms with van der Waals surface area (Å²) in [7, 11) is 3.65. The number of carbonyl (C=O) groups is 1. The molecule has 0 aromatic heterocycles. The van der Waals surface area contributed by atoms with Crippen LogP contribution in [0.15, 0.2) is 0 Å². The van der Waals surface area contributed by atoms with Crippen LogP contribution in [0.2, 0.25) is 0 Å². The Balaban J connectivity index is 1.96. The molecule has 0 aliphatic heterocycles. The van der Waals surface area contributed by atoms with E-state index in [1.807, 2.05) is 27.9 Å². The predicted octanol–water partition coefficient (Wildman–Crippen LogP) is 1.63. The summed E-state index contributed by atoms with van der Waals surface area (Å²) in [6.45, 7) is 4.00. The molecule has 3 nitrogen and oxygen atoms in total. The topological polar surface area (TPSA) is 32.3 Å². The molecule has 3 heteroatoms. The van der Waals surface area contributed by atoms with Crippen LogP contribution in [0.4, 0.5) is 0 Å². The lowest BCUT2D eigenvalue weighted by atomic mass is 9.92. The van der Waals surface area contributed by atoms with Gasteiger partial charge in [0, 0.05) is 20.1 Å². The number of hydrogen-bond acceptors (Lipinski definition) is 2. The van der Waals surface area contributed by atoms with Gasteiger partial charge in [0.2, 0.25) is 5.91 Å². The number of hydrogen-bond donors (Lipinski definition) is 1. The fraction of sp³-hybridized carbons (Fsp3) is 0.923. The van der Waals surface area contributed by atoms with Gasteiger partial charge in [0.1, 0.15) is 0 Å². The van der Waals surface area contributed by atoms with Gasteiger partial charge in [-0.1, -0.05) is 6.42 Å². The van der Waals surface area contributed by atoms with Crippen LogP contribution < -0.4 is 5.32 Å². The van der Waals surface area contributed by atoms with E-state index in [0.29, 0.717) is 6.04 Å². The molecule has 2 saturated carbocycles. The summed E-state index contributed by atoms with van der Waals surface area (Å²) in [5.74, 6) is 1.92. The van der Waals surface area contributed by atoms with E-state index in [0.717, 1.165) is 11.8 Å². The molecule has 92 valence electrons. The minimum Gasteiger partial charge on any atom is -0.347 e. The smallest absolute Gasteiger partial charge is 0.241 e. The first-order chi connectivity index (χ1) is 7.40. The molecule has 0 spiro atoms. The van der Waals surface area contributed by atoms with Crippen LogP contribution in [0.5, 0.6) is 0 Å². The molecule has 0 heterocycles. The SMILES string of the molecule is CN(C)C(=O)C(C)(C)NC1CC2CCC1C2. The van der Waals surface area contributed by atoms with Crippen LogP contribution in [0.1, 0.15) is 39.5 Å². The van der Waals surface area contributed by atoms with E-state index >= 15 is 0 Å². The number of amides is 1. The Labute approximate surface area is 98.6 Å². The second-order valence-corrected chi connectivity index (χ2v) is 6.25. The Morgan fingerprint density at radius 1 is 1.25 bits per heavy atom. The minimum absolute atomic E-state index is 0.176. The molecule has 1 N–H and O–H groups in total. The number of rotatable bonds is 3. The van der Waals surface area contributed by atoms with E-state index in [1.165, 1.54) is 25.7 Å². The van der Waals surface area contributed by atoms with Crippen molar-refractivity contribution in [3.05, 3.63) is 0 Å². The number of carbonyl (C=O) groups excluding carboxylic acids is 1. The highest BCUT2D eigenvalue weighted by Crippen LogP contribution is 2.44. The summed E-state index contributed by atoms with van der Waals surface area (Å²) in [5.41, 5.74) is -0.418. The first-order valence-corrected chi connectivity index (χ1v) is 6.39. The maximum atomic E-state index is 12.0. The monoisotopic (exact) mass is 224 g/mol. The normalized spacial score (nSPS) is 33.1. The fourth-order valence-corrected chi connectivity index (χ4v) is 3.51. The highest BCUT2D eigenvalue weighted by Gasteiger charge is 2.43. The third kappa shape index (κ3) is 2.10. The van der Waals surface area contributed by atoms with Crippen molar-refractivity contribution >= 4 is 5.91 Å². The standard InChI is InChI=1S/C13H24N2O/c1-13(2,12(16)15(3)4)14-11-8-9-5-6-10(11)7-9/h9-11,14H,5-8H2,1-4H3. The van der Waals surface area contributed by atoms with E-state index in [-0.39, 0.29) is 5.91 Å². The zero-order valence-electron chi connectivity index (χ0n) is 10.9. The molecule has 0 aromatic rings. The van der Waals surface area contributed by atoms with Crippen LogP contribution in [-0.4, -0.2) is 36.5 Å². The fourth-order valence-electron chi connectivity index (χ4n) is 3.51. The van der Waals surface area contributed by atoms with Gasteiger partial charge in [-0.3, -0.25) is 4.79 Å². The van der Waals surface area contributed by atoms with Crippen molar-refractivity contribution in [3.8, 4) is 0 Å². The molecular formula is C13H24N2O. The van der Waals surface area contributed by atoms with E-state index < -0.39 is 5.54 Å². The van der Waals surface area contributed by atoms with Crippen molar-refractivity contribution in [1.29, 1.82) is 0 Å². The van der Waals surface area contributed by atoms with Gasteiger partial charge in [-0.2, -0.15) is 0 Å². The zero-order valence-corrected chi connectivity index (χ0v) is 10.9. The maximum absolute atomic E-state index is 12.0. The molecule has 2 fully saturated rings. The summed E-state index contributed by atoms with van der Waals surface area (Å²) < 4.78 is 0. The Morgan fingerprint density at radius 3 is 2.38 bits per heavy atom. The van der Waals surface area contributed by atoms with E-state index in [1.54, 1.807) is 4.90 Å². The summed E-state index contributed by atoms with van der Waals surface area (Å²) in [6, 6.07) is 0.567. The molecule has 3 atom stereocenters. The summed E-state index contributed by atoms with van der Waals surface area (Å²) >= 11 is 0. The van der Waals surface area contributed by atoms with Crippen molar-refractivity contribution in [3.63, 3.8) is 0 Å². The van der Waals surface area contributed by atoms with Crippen LogP contribution in [0.25, 0.3) is 0 Å². The summed E-state index contributed by atoms with van der Waals surface area (Å²) in [5, 5.41) is 3.58. The van der Waals surface area contributed by atoms with Crippen molar-refractivity contribution in [2.24, 2.45) is 11.8 Å². The summed E-state index contributed by atoms with van der Waals surface area (Å²) in [4.78, 5) is 13.7. The second kappa shape index (κ2) is 4.02. The van der Waals surface area contributed by atoms with E-state index in [2.05, 4.69) is 5.32 Å². The lowest BCUT2D eigenvalue weighted by Crippen LogP contribution is -2.56. The molecule has 2 rings (SSSR count). The number of nitrogens with zero attached hydrogens (tertiary/aromatic N) is 1. The van der Waals surface area contributed by atoms with Crippen LogP contribution in [0, 0.1) is 11.8 Å². The third-order valence-electron chi connectivity index (χ3n) is 4.23. The van der Waals surface area contributed by atoms with E-state index in [9.17, 15) is 4.79 Å². The Morgan fingerprint density at radius 2 is 1.94 bits per heavy atom. The molecule has 2 bridgehead atoms. The molecule has 0 radical (unpaired) electrons. The van der Waals surface area contributed by atoms with Gasteiger partial charge >= 0.3 is 0 Å². The minimum atomic E-state index is -0.418. The Bertz CT molecular complexity index is 286. The first-order valence-electron chi connectivity index (χ1n) is 6.39. The Kier molecular flexibility index (Phi) is 2.99. The largest absolute Gasteiger partial charge is 0.347 e. The first kappa shape index (κ1) is 11.9. The average Bonchev–Trinajstić information content (AvgIpc) is 2.77. The van der Waals surface area contributed by atoms with E-state index in [4.69, 9.17) is 0 Å². The van der Waals surface area contributed by atoms with Crippen molar-refractivity contribution in [2.75, 3.05) is 14.1 Å². The summed E-state index contributed by atoms with van der Waals surface area (Å²) in [6.07, 6.45) is 5.41. The zero-order chi connectivity index (χ0) is 11.9. The highest BCUT2D eigenvalue weighted by atomic mass is 16.2. The third-order valence-corrected chi connectivity index (χ3v) is 4.23. The second-order valence-electron chi connectivity index (χ2n) is 6.25. The van der Waals surface area contributed by atoms with Gasteiger partial charge < -0.3 is 10.2 Å². The number of likely N-dealkylation sites (N-methyl/N-ethyl adjacent to an activating group) is 1. The molecule has 2 aliphatic carbocycles. The lowest BCUT2D eigenvalue weighted by molar-refractivity contribution is -0.135. The van der Waals surface area contributed by atoms with Gasteiger partial charge in [-0.25, -0.2) is 0 Å². The quantitative estimate of drug-likeness (QED) is 0.790. The van der Waals surface area contributed by atoms with Crippen molar-refractivity contribution < 1.29 is 4.79 Å². The van der Waals surface area contributed by atoms with Crippen molar-refractivity contribution in [2.45, 2.75) is 51.1 Å².